The van der Waals surface area contributed by atoms with Crippen molar-refractivity contribution < 1.29 is 37.4 Å². The highest BCUT2D eigenvalue weighted by Gasteiger charge is 2.56. The van der Waals surface area contributed by atoms with E-state index in [9.17, 15) is 14.5 Å². The molecule has 3 heterocycles. The van der Waals surface area contributed by atoms with Gasteiger partial charge in [0.15, 0.2) is 28.9 Å². The molecule has 2 aliphatic rings. The van der Waals surface area contributed by atoms with Gasteiger partial charge in [0, 0.05) is 6.04 Å². The van der Waals surface area contributed by atoms with Crippen LogP contribution in [0.4, 0.5) is 10.2 Å². The average molecular weight is 593 g/mol. The van der Waals surface area contributed by atoms with Gasteiger partial charge in [-0.15, -0.1) is 0 Å². The summed E-state index contributed by atoms with van der Waals surface area (Å²) in [5, 5.41) is 16.8. The fraction of sp³-hybridized carbons (Fsp3) is 0.538. The Bertz CT molecular complexity index is 1420. The summed E-state index contributed by atoms with van der Waals surface area (Å²) in [6.45, 7) is 5.48. The third-order valence-electron chi connectivity index (χ3n) is 6.68. The third-order valence-corrected chi connectivity index (χ3v) is 8.33. The zero-order valence-electron chi connectivity index (χ0n) is 23.1. The number of benzene rings is 1. The van der Waals surface area contributed by atoms with Crippen molar-refractivity contribution in [1.29, 1.82) is 0 Å². The zero-order valence-corrected chi connectivity index (χ0v) is 24.0. The van der Waals surface area contributed by atoms with Crippen molar-refractivity contribution in [2.24, 2.45) is 0 Å². The first-order valence-electron chi connectivity index (χ1n) is 13.4. The predicted molar refractivity (Wildman–Crippen MR) is 146 cm³/mol. The van der Waals surface area contributed by atoms with E-state index in [2.05, 4.69) is 25.4 Å². The molecule has 13 nitrogen and oxygen atoms in total. The van der Waals surface area contributed by atoms with E-state index in [1.54, 1.807) is 44.2 Å². The molecule has 15 heteroatoms. The Labute approximate surface area is 236 Å². The average Bonchev–Trinajstić information content (AvgIpc) is 3.58. The van der Waals surface area contributed by atoms with Crippen LogP contribution in [0.2, 0.25) is 0 Å². The lowest BCUT2D eigenvalue weighted by molar-refractivity contribution is -0.149. The van der Waals surface area contributed by atoms with E-state index in [-0.39, 0.29) is 5.75 Å². The molecule has 0 bridgehead atoms. The first-order chi connectivity index (χ1) is 19.5. The molecule has 1 saturated carbocycles. The van der Waals surface area contributed by atoms with Gasteiger partial charge in [-0.1, -0.05) is 18.2 Å². The van der Waals surface area contributed by atoms with Crippen molar-refractivity contribution in [2.45, 2.75) is 82.8 Å². The summed E-state index contributed by atoms with van der Waals surface area (Å²) >= 11 is 0. The Kier molecular flexibility index (Phi) is 8.31. The molecule has 6 atom stereocenters. The van der Waals surface area contributed by atoms with Gasteiger partial charge in [-0.3, -0.25) is 13.9 Å². The first kappa shape index (κ1) is 29.3. The Morgan fingerprint density at radius 2 is 1.98 bits per heavy atom. The second kappa shape index (κ2) is 11.6. The molecule has 0 spiro atoms. The Morgan fingerprint density at radius 1 is 1.24 bits per heavy atom. The topological polar surface area (TPSA) is 159 Å². The summed E-state index contributed by atoms with van der Waals surface area (Å²) in [7, 11) is -4.26. The van der Waals surface area contributed by atoms with Crippen molar-refractivity contribution in [3.8, 4) is 5.75 Å². The number of aliphatic hydroxyl groups excluding tert-OH is 1. The van der Waals surface area contributed by atoms with Gasteiger partial charge in [0.2, 0.25) is 0 Å². The highest BCUT2D eigenvalue weighted by atomic mass is 31.2. The van der Waals surface area contributed by atoms with Gasteiger partial charge in [-0.05, 0) is 52.7 Å². The van der Waals surface area contributed by atoms with E-state index in [0.29, 0.717) is 23.0 Å². The Balaban J connectivity index is 1.34. The number of hydrogen-bond donors (Lipinski definition) is 3. The molecule has 0 radical (unpaired) electrons. The molecule has 3 aromatic rings. The minimum absolute atomic E-state index is 0.203. The lowest BCUT2D eigenvalue weighted by atomic mass is 9.98. The molecule has 2 fully saturated rings. The number of imidazole rings is 1. The van der Waals surface area contributed by atoms with Gasteiger partial charge in [-0.2, -0.15) is 5.09 Å². The van der Waals surface area contributed by atoms with Gasteiger partial charge < -0.3 is 24.4 Å². The Morgan fingerprint density at radius 3 is 2.66 bits per heavy atom. The number of rotatable bonds is 12. The molecule has 3 N–H and O–H groups in total. The van der Waals surface area contributed by atoms with E-state index in [1.807, 2.05) is 0 Å². The number of aliphatic hydroxyl groups is 1. The van der Waals surface area contributed by atoms with Crippen molar-refractivity contribution in [2.75, 3.05) is 11.9 Å². The predicted octanol–water partition coefficient (Wildman–Crippen LogP) is 3.52. The third kappa shape index (κ3) is 6.52. The van der Waals surface area contributed by atoms with Crippen molar-refractivity contribution in [1.82, 2.24) is 24.6 Å². The monoisotopic (exact) mass is 592 g/mol. The maximum absolute atomic E-state index is 16.0. The van der Waals surface area contributed by atoms with Gasteiger partial charge in [0.25, 0.3) is 0 Å². The van der Waals surface area contributed by atoms with Crippen LogP contribution >= 0.6 is 7.75 Å². The highest BCUT2D eigenvalue weighted by molar-refractivity contribution is 7.52. The lowest BCUT2D eigenvalue weighted by Crippen LogP contribution is -2.41. The molecular weight excluding hydrogens is 558 g/mol. The van der Waals surface area contributed by atoms with Crippen LogP contribution < -0.4 is 14.9 Å². The van der Waals surface area contributed by atoms with Gasteiger partial charge >= 0.3 is 13.7 Å². The fourth-order valence-corrected chi connectivity index (χ4v) is 5.91. The minimum atomic E-state index is -4.26. The highest BCUT2D eigenvalue weighted by Crippen LogP contribution is 2.48. The van der Waals surface area contributed by atoms with E-state index >= 15 is 4.39 Å². The smallest absolute Gasteiger partial charge is 0.459 e. The molecule has 0 amide bonds. The molecule has 1 aliphatic heterocycles. The van der Waals surface area contributed by atoms with Crippen LogP contribution in [0.3, 0.4) is 0 Å². The van der Waals surface area contributed by atoms with E-state index < -0.39 is 56.6 Å². The number of esters is 1. The normalized spacial score (nSPS) is 26.6. The lowest BCUT2D eigenvalue weighted by Gasteiger charge is -2.25. The van der Waals surface area contributed by atoms with Crippen LogP contribution in [0.25, 0.3) is 11.2 Å². The number of nitrogens with one attached hydrogen (secondary N) is 2. The second-order valence-corrected chi connectivity index (χ2v) is 12.3. The number of carbonyl (C=O) groups is 1. The number of para-hydroxylation sites is 1. The summed E-state index contributed by atoms with van der Waals surface area (Å²) in [6, 6.07) is 7.44. The molecule has 41 heavy (non-hydrogen) atoms. The number of ether oxygens (including phenoxy) is 2. The van der Waals surface area contributed by atoms with Crippen LogP contribution in [-0.4, -0.2) is 73.3 Å². The largest absolute Gasteiger partial charge is 0.462 e. The summed E-state index contributed by atoms with van der Waals surface area (Å²) in [6.07, 6.45) is 0.118. The van der Waals surface area contributed by atoms with Crippen LogP contribution in [-0.2, 0) is 23.4 Å². The van der Waals surface area contributed by atoms with E-state index in [4.69, 9.17) is 18.5 Å². The van der Waals surface area contributed by atoms with Crippen molar-refractivity contribution in [3.63, 3.8) is 0 Å². The van der Waals surface area contributed by atoms with Gasteiger partial charge in [0.05, 0.1) is 19.0 Å². The van der Waals surface area contributed by atoms with Crippen LogP contribution in [0.15, 0.2) is 43.0 Å². The van der Waals surface area contributed by atoms with E-state index in [0.717, 1.165) is 12.8 Å². The standard InChI is InChI=1S/C26H34FN6O7P/c1-15(2)38-24(35)16(3)32-41(36,40-18-8-6-5-7-9-18)37-12-19-21(34)26(4,27)25(39-19)33-14-30-20-22(31-17-10-11-17)28-13-29-23(20)33/h5-9,13-17,19,21,25,34H,10-12H2,1-4H3,(H,32,36)(H,28,29,31)/t16?,19-,21-,25-,26-,41?/m1/s1. The Hall–Kier alpha value is -3.16. The van der Waals surface area contributed by atoms with Crippen molar-refractivity contribution in [3.05, 3.63) is 43.0 Å². The van der Waals surface area contributed by atoms with Crippen LogP contribution in [0.1, 0.15) is 46.8 Å². The van der Waals surface area contributed by atoms with E-state index in [1.165, 1.54) is 31.1 Å². The molecule has 2 unspecified atom stereocenters. The minimum Gasteiger partial charge on any atom is -0.462 e. The SMILES string of the molecule is CC(C)OC(=O)C(C)NP(=O)(OC[C@H]1O[C@@H](n2cnc3c(NC4CC4)ncnc32)[C@](C)(F)[C@@H]1O)Oc1ccccc1. The number of hydrogen-bond acceptors (Lipinski definition) is 11. The summed E-state index contributed by atoms with van der Waals surface area (Å²) in [4.78, 5) is 25.3. The number of anilines is 1. The molecule has 1 aromatic carbocycles. The number of aromatic nitrogens is 4. The van der Waals surface area contributed by atoms with Crippen molar-refractivity contribution >= 4 is 30.7 Å². The molecule has 2 aromatic heterocycles. The molecule has 1 aliphatic carbocycles. The van der Waals surface area contributed by atoms with Crippen LogP contribution in [0.5, 0.6) is 5.75 Å². The molecule has 5 rings (SSSR count). The summed E-state index contributed by atoms with van der Waals surface area (Å²) in [5.41, 5.74) is -1.54. The zero-order chi connectivity index (χ0) is 29.4. The second-order valence-electron chi connectivity index (χ2n) is 10.6. The maximum Gasteiger partial charge on any atom is 0.459 e. The summed E-state index contributed by atoms with van der Waals surface area (Å²) in [5.74, 6) is 0.0676. The fourth-order valence-electron chi connectivity index (χ4n) is 4.41. The number of alkyl halides is 1. The molecule has 1 saturated heterocycles. The quantitative estimate of drug-likeness (QED) is 0.208. The summed E-state index contributed by atoms with van der Waals surface area (Å²) < 4.78 is 53.6. The molecular formula is C26H34FN6O7P. The van der Waals surface area contributed by atoms with Gasteiger partial charge in [-0.25, -0.2) is 23.9 Å². The van der Waals surface area contributed by atoms with Crippen LogP contribution in [0, 0.1) is 0 Å². The number of nitrogens with zero attached hydrogens (tertiary/aromatic N) is 4. The number of halogens is 1. The first-order valence-corrected chi connectivity index (χ1v) is 14.9. The number of carbonyl (C=O) groups excluding carboxylic acids is 1. The van der Waals surface area contributed by atoms with Gasteiger partial charge in [0.1, 0.15) is 30.3 Å². The maximum atomic E-state index is 16.0. The molecule has 222 valence electrons. The number of fused-ring (bicyclic) bond motifs is 1.